The lowest BCUT2D eigenvalue weighted by Gasteiger charge is -2.07. The number of rotatable bonds is 6. The van der Waals surface area contributed by atoms with Crippen LogP contribution in [0.5, 0.6) is 11.5 Å². The van der Waals surface area contributed by atoms with E-state index in [0.717, 1.165) is 5.52 Å². The van der Waals surface area contributed by atoms with Gasteiger partial charge in [-0.3, -0.25) is 4.79 Å². The van der Waals surface area contributed by atoms with E-state index in [1.54, 1.807) is 16.7 Å². The van der Waals surface area contributed by atoms with Crippen molar-refractivity contribution in [2.24, 2.45) is 5.10 Å². The number of hydrogen-bond acceptors (Lipinski definition) is 9. The first-order chi connectivity index (χ1) is 15.0. The molecular weight excluding hydrogens is 517 g/mol. The minimum atomic E-state index is -0.392. The average Bonchev–Trinajstić information content (AvgIpc) is 3.33. The first kappa shape index (κ1) is 20.6. The van der Waals surface area contributed by atoms with Crippen molar-refractivity contribution >= 4 is 51.6 Å². The Balaban J connectivity index is 1.56. The van der Waals surface area contributed by atoms with Gasteiger partial charge in [0.2, 0.25) is 0 Å². The van der Waals surface area contributed by atoms with Crippen LogP contribution in [0.1, 0.15) is 5.56 Å². The van der Waals surface area contributed by atoms with Crippen LogP contribution in [0.15, 0.2) is 46.1 Å². The van der Waals surface area contributed by atoms with Crippen LogP contribution >= 0.6 is 22.6 Å². The Bertz CT molecular complexity index is 1300. The first-order valence-corrected chi connectivity index (χ1v) is 9.98. The number of hydrazone groups is 1. The molecule has 31 heavy (non-hydrogen) atoms. The number of nitrogens with one attached hydrogen (secondary N) is 1. The third kappa shape index (κ3) is 4.14. The summed E-state index contributed by atoms with van der Waals surface area (Å²) in [5.74, 6) is 0.400. The van der Waals surface area contributed by atoms with Crippen molar-refractivity contribution in [3.05, 3.63) is 45.5 Å². The van der Waals surface area contributed by atoms with E-state index in [-0.39, 0.29) is 23.8 Å². The van der Waals surface area contributed by atoms with Gasteiger partial charge in [0.15, 0.2) is 28.8 Å². The Labute approximate surface area is 189 Å². The van der Waals surface area contributed by atoms with Gasteiger partial charge < -0.3 is 20.1 Å². The molecule has 0 atom stereocenters. The van der Waals surface area contributed by atoms with Gasteiger partial charge in [0.05, 0.1) is 27.9 Å². The molecule has 158 valence electrons. The number of nitrogens with two attached hydrogens (primary N) is 1. The van der Waals surface area contributed by atoms with Gasteiger partial charge in [-0.25, -0.2) is 15.0 Å². The predicted octanol–water partition coefficient (Wildman–Crippen LogP) is 2.14. The van der Waals surface area contributed by atoms with Gasteiger partial charge in [-0.05, 0) is 62.7 Å². The van der Waals surface area contributed by atoms with Crippen LogP contribution in [0.4, 0.5) is 5.82 Å². The summed E-state index contributed by atoms with van der Waals surface area (Å²) in [5.41, 5.74) is 10.6. The monoisotopic (exact) mass is 533 g/mol. The number of phenols is 1. The standard InChI is InChI=1S/C19H16IN7O4/c1-30-14-7-10(6-11(20)17(14)29)8-22-24-15(28)9-27-13-5-3-2-4-12(13)23-19(27)16-18(21)26-31-25-16/h2-8,29H,9H2,1H3,(H2,21,26)(H,24,28)/b22-8+. The van der Waals surface area contributed by atoms with Crippen molar-refractivity contribution in [3.63, 3.8) is 0 Å². The van der Waals surface area contributed by atoms with Crippen LogP contribution in [0, 0.1) is 3.57 Å². The molecule has 0 saturated heterocycles. The van der Waals surface area contributed by atoms with Crippen molar-refractivity contribution in [1.82, 2.24) is 25.3 Å². The number of anilines is 1. The Kier molecular flexibility index (Phi) is 5.70. The molecule has 0 aliphatic heterocycles. The van der Waals surface area contributed by atoms with E-state index in [1.807, 2.05) is 46.9 Å². The van der Waals surface area contributed by atoms with E-state index in [9.17, 15) is 9.90 Å². The number of fused-ring (bicyclic) bond motifs is 1. The number of para-hydroxylation sites is 2. The highest BCUT2D eigenvalue weighted by Gasteiger charge is 2.20. The quantitative estimate of drug-likeness (QED) is 0.194. The molecule has 0 bridgehead atoms. The maximum absolute atomic E-state index is 12.6. The SMILES string of the molecule is COc1cc(/C=N/NC(=O)Cn2c(-c3nonc3N)nc3ccccc32)cc(I)c1O. The van der Waals surface area contributed by atoms with Gasteiger partial charge >= 0.3 is 0 Å². The van der Waals surface area contributed by atoms with Crippen molar-refractivity contribution in [3.8, 4) is 23.0 Å². The molecule has 12 heteroatoms. The molecule has 0 aliphatic rings. The zero-order chi connectivity index (χ0) is 22.0. The number of phenolic OH excluding ortho intramolecular Hbond substituents is 1. The van der Waals surface area contributed by atoms with Crippen molar-refractivity contribution in [2.45, 2.75) is 6.54 Å². The zero-order valence-corrected chi connectivity index (χ0v) is 18.3. The molecular formula is C19H16IN7O4. The number of nitrogen functional groups attached to an aromatic ring is 1. The van der Waals surface area contributed by atoms with Crippen LogP contribution in [0.25, 0.3) is 22.6 Å². The van der Waals surface area contributed by atoms with E-state index < -0.39 is 5.91 Å². The summed E-state index contributed by atoms with van der Waals surface area (Å²) in [6, 6.07) is 10.6. The van der Waals surface area contributed by atoms with E-state index >= 15 is 0 Å². The minimum Gasteiger partial charge on any atom is -0.504 e. The number of carbonyl (C=O) groups is 1. The Morgan fingerprint density at radius 1 is 1.39 bits per heavy atom. The van der Waals surface area contributed by atoms with Gasteiger partial charge in [0, 0.05) is 0 Å². The fourth-order valence-electron chi connectivity index (χ4n) is 2.95. The van der Waals surface area contributed by atoms with E-state index in [4.69, 9.17) is 10.5 Å². The summed E-state index contributed by atoms with van der Waals surface area (Å²) in [6.07, 6.45) is 1.45. The molecule has 0 radical (unpaired) electrons. The number of aromatic nitrogens is 4. The maximum Gasteiger partial charge on any atom is 0.260 e. The summed E-state index contributed by atoms with van der Waals surface area (Å²) in [5, 5.41) is 21.3. The third-order valence-corrected chi connectivity index (χ3v) is 5.18. The number of benzene rings is 2. The summed E-state index contributed by atoms with van der Waals surface area (Å²) in [7, 11) is 1.46. The molecule has 2 aromatic carbocycles. The Morgan fingerprint density at radius 3 is 2.94 bits per heavy atom. The highest BCUT2D eigenvalue weighted by Crippen LogP contribution is 2.32. The van der Waals surface area contributed by atoms with Crippen LogP contribution in [0.3, 0.4) is 0 Å². The van der Waals surface area contributed by atoms with E-state index in [0.29, 0.717) is 26.2 Å². The number of ether oxygens (including phenoxy) is 1. The number of halogens is 1. The molecule has 0 saturated carbocycles. The molecule has 11 nitrogen and oxygen atoms in total. The molecule has 4 rings (SSSR count). The van der Waals surface area contributed by atoms with E-state index in [2.05, 4.69) is 30.5 Å². The average molecular weight is 533 g/mol. The zero-order valence-electron chi connectivity index (χ0n) is 16.1. The fraction of sp³-hybridized carbons (Fsp3) is 0.105. The second-order valence-corrected chi connectivity index (χ2v) is 7.52. The normalized spacial score (nSPS) is 11.3. The molecule has 4 aromatic rings. The van der Waals surface area contributed by atoms with Crippen LogP contribution in [-0.4, -0.2) is 44.2 Å². The summed E-state index contributed by atoms with van der Waals surface area (Å²) in [6.45, 7) is -0.0874. The molecule has 2 heterocycles. The lowest BCUT2D eigenvalue weighted by atomic mass is 10.2. The lowest BCUT2D eigenvalue weighted by molar-refractivity contribution is -0.121. The van der Waals surface area contributed by atoms with Gasteiger partial charge in [0.1, 0.15) is 6.54 Å². The summed E-state index contributed by atoms with van der Waals surface area (Å²) >= 11 is 1.98. The second kappa shape index (κ2) is 8.59. The summed E-state index contributed by atoms with van der Waals surface area (Å²) in [4.78, 5) is 17.1. The van der Waals surface area contributed by atoms with Crippen molar-refractivity contribution in [1.29, 1.82) is 0 Å². The van der Waals surface area contributed by atoms with Gasteiger partial charge in [-0.1, -0.05) is 12.1 Å². The fourth-order valence-corrected chi connectivity index (χ4v) is 3.57. The van der Waals surface area contributed by atoms with E-state index in [1.165, 1.54) is 13.3 Å². The number of aromatic hydroxyl groups is 1. The summed E-state index contributed by atoms with van der Waals surface area (Å²) < 4.78 is 12.0. The highest BCUT2D eigenvalue weighted by molar-refractivity contribution is 14.1. The Morgan fingerprint density at radius 2 is 2.19 bits per heavy atom. The minimum absolute atomic E-state index is 0.0467. The topological polar surface area (TPSA) is 154 Å². The number of nitrogens with zero attached hydrogens (tertiary/aromatic N) is 5. The van der Waals surface area contributed by atoms with Crippen LogP contribution in [-0.2, 0) is 11.3 Å². The molecule has 4 N–H and O–H groups in total. The highest BCUT2D eigenvalue weighted by atomic mass is 127. The smallest absolute Gasteiger partial charge is 0.260 e. The van der Waals surface area contributed by atoms with Gasteiger partial charge in [-0.2, -0.15) is 5.10 Å². The van der Waals surface area contributed by atoms with Crippen molar-refractivity contribution in [2.75, 3.05) is 12.8 Å². The molecule has 0 aliphatic carbocycles. The first-order valence-electron chi connectivity index (χ1n) is 8.90. The Hall–Kier alpha value is -3.68. The van der Waals surface area contributed by atoms with Crippen molar-refractivity contribution < 1.29 is 19.3 Å². The molecule has 0 fully saturated rings. The molecule has 0 unspecified atom stereocenters. The number of amides is 1. The number of methoxy groups -OCH3 is 1. The van der Waals surface area contributed by atoms with Gasteiger partial charge in [-0.15, -0.1) is 0 Å². The second-order valence-electron chi connectivity index (χ2n) is 6.36. The van der Waals surface area contributed by atoms with Gasteiger partial charge in [0.25, 0.3) is 5.91 Å². The largest absolute Gasteiger partial charge is 0.504 e. The van der Waals surface area contributed by atoms with Crippen LogP contribution < -0.4 is 15.9 Å². The molecule has 0 spiro atoms. The number of hydrogen-bond donors (Lipinski definition) is 3. The maximum atomic E-state index is 12.6. The predicted molar refractivity (Wildman–Crippen MR) is 121 cm³/mol. The molecule has 1 amide bonds. The number of imidazole rings is 1. The van der Waals surface area contributed by atoms with Crippen LogP contribution in [0.2, 0.25) is 0 Å². The molecule has 2 aromatic heterocycles. The lowest BCUT2D eigenvalue weighted by Crippen LogP contribution is -2.23. The number of carbonyl (C=O) groups excluding carboxylic acids is 1. The third-order valence-electron chi connectivity index (χ3n) is 4.36.